The van der Waals surface area contributed by atoms with E-state index in [4.69, 9.17) is 4.74 Å². The molecule has 2 aromatic rings. The number of anilines is 1. The third-order valence-corrected chi connectivity index (χ3v) is 7.12. The number of amides is 2. The zero-order chi connectivity index (χ0) is 25.3. The van der Waals surface area contributed by atoms with Crippen molar-refractivity contribution in [1.82, 2.24) is 4.90 Å². The second-order valence-corrected chi connectivity index (χ2v) is 9.78. The molecule has 0 bridgehead atoms. The molecular weight excluding hydrogens is 452 g/mol. The van der Waals surface area contributed by atoms with Gasteiger partial charge in [0.1, 0.15) is 5.78 Å². The van der Waals surface area contributed by atoms with Gasteiger partial charge >= 0.3 is 0 Å². The van der Waals surface area contributed by atoms with E-state index in [2.05, 4.69) is 11.4 Å². The standard InChI is InChI=1S/C30H36N2O4/c1-36-19-5-11-28(33)20-22-6-4-17-32(18-16-22)30(35)25-14-12-23(13-15-25)26-9-3-10-27(21-26)31-29(34)24-7-2-8-24/h3,6,9-10,12-15,21,24H,2,4-5,7-8,11,16-20H2,1H3,(H,31,34). The van der Waals surface area contributed by atoms with Gasteiger partial charge in [-0.05, 0) is 67.5 Å². The molecule has 1 fully saturated rings. The maximum absolute atomic E-state index is 13.2. The molecule has 2 aliphatic rings. The largest absolute Gasteiger partial charge is 0.385 e. The molecule has 1 N–H and O–H groups in total. The summed E-state index contributed by atoms with van der Waals surface area (Å²) >= 11 is 0. The number of ether oxygens (including phenoxy) is 1. The van der Waals surface area contributed by atoms with Gasteiger partial charge in [-0.15, -0.1) is 0 Å². The van der Waals surface area contributed by atoms with E-state index in [1.54, 1.807) is 7.11 Å². The Kier molecular flexibility index (Phi) is 9.06. The Hall–Kier alpha value is -3.25. The van der Waals surface area contributed by atoms with Crippen LogP contribution in [0.25, 0.3) is 11.1 Å². The third kappa shape index (κ3) is 6.91. The number of benzene rings is 2. The first-order valence-electron chi connectivity index (χ1n) is 13.0. The molecule has 0 spiro atoms. The number of carbonyl (C=O) groups excluding carboxylic acids is 3. The Morgan fingerprint density at radius 1 is 1.03 bits per heavy atom. The van der Waals surface area contributed by atoms with Crippen LogP contribution >= 0.6 is 0 Å². The fourth-order valence-electron chi connectivity index (χ4n) is 4.72. The minimum absolute atomic E-state index is 0.0177. The Morgan fingerprint density at radius 2 is 1.83 bits per heavy atom. The van der Waals surface area contributed by atoms with Gasteiger partial charge in [0.2, 0.25) is 5.91 Å². The van der Waals surface area contributed by atoms with E-state index in [1.807, 2.05) is 53.4 Å². The second-order valence-electron chi connectivity index (χ2n) is 9.78. The summed E-state index contributed by atoms with van der Waals surface area (Å²) in [5, 5.41) is 3.03. The summed E-state index contributed by atoms with van der Waals surface area (Å²) in [6.45, 7) is 1.89. The summed E-state index contributed by atoms with van der Waals surface area (Å²) in [5.41, 5.74) is 4.59. The van der Waals surface area contributed by atoms with Crippen molar-refractivity contribution in [3.05, 3.63) is 65.7 Å². The van der Waals surface area contributed by atoms with Crippen molar-refractivity contribution in [1.29, 1.82) is 0 Å². The Bertz CT molecular complexity index is 1100. The van der Waals surface area contributed by atoms with E-state index in [0.717, 1.165) is 60.9 Å². The first kappa shape index (κ1) is 25.8. The summed E-state index contributed by atoms with van der Waals surface area (Å²) in [7, 11) is 1.65. The Morgan fingerprint density at radius 3 is 2.56 bits per heavy atom. The van der Waals surface area contributed by atoms with Gasteiger partial charge in [0.05, 0.1) is 0 Å². The summed E-state index contributed by atoms with van der Waals surface area (Å²) in [4.78, 5) is 39.5. The topological polar surface area (TPSA) is 75.7 Å². The normalized spacial score (nSPS) is 16.0. The lowest BCUT2D eigenvalue weighted by atomic mass is 9.85. The molecule has 2 aromatic carbocycles. The number of rotatable bonds is 10. The number of ketones is 1. The van der Waals surface area contributed by atoms with Crippen molar-refractivity contribution < 1.29 is 19.1 Å². The molecule has 0 atom stereocenters. The van der Waals surface area contributed by atoms with Crippen LogP contribution in [0, 0.1) is 5.92 Å². The lowest BCUT2D eigenvalue weighted by Crippen LogP contribution is -2.32. The SMILES string of the molecule is COCCCC(=O)CC1=CCCN(C(=O)c2ccc(-c3cccc(NC(=O)C4CCC4)c3)cc2)CC1. The molecule has 2 amide bonds. The predicted molar refractivity (Wildman–Crippen MR) is 142 cm³/mol. The van der Waals surface area contributed by atoms with Crippen LogP contribution in [0.5, 0.6) is 0 Å². The number of nitrogens with zero attached hydrogens (tertiary/aromatic N) is 1. The highest BCUT2D eigenvalue weighted by Crippen LogP contribution is 2.29. The summed E-state index contributed by atoms with van der Waals surface area (Å²) in [5.74, 6) is 0.500. The van der Waals surface area contributed by atoms with E-state index in [-0.39, 0.29) is 23.5 Å². The molecule has 0 saturated heterocycles. The molecule has 1 saturated carbocycles. The molecule has 6 nitrogen and oxygen atoms in total. The highest BCUT2D eigenvalue weighted by Gasteiger charge is 2.25. The average Bonchev–Trinajstić information content (AvgIpc) is 3.08. The molecule has 0 unspecified atom stereocenters. The van der Waals surface area contributed by atoms with Crippen molar-refractivity contribution in [2.45, 2.75) is 51.4 Å². The van der Waals surface area contributed by atoms with E-state index < -0.39 is 0 Å². The fraction of sp³-hybridized carbons (Fsp3) is 0.433. The maximum Gasteiger partial charge on any atom is 0.253 e. The monoisotopic (exact) mass is 488 g/mol. The predicted octanol–water partition coefficient (Wildman–Crippen LogP) is 5.64. The number of methoxy groups -OCH3 is 1. The number of Topliss-reactive ketones (excluding diaryl/α,β-unsaturated/α-hetero) is 1. The van der Waals surface area contributed by atoms with Gasteiger partial charge in [-0.25, -0.2) is 0 Å². The minimum atomic E-state index is 0.0177. The van der Waals surface area contributed by atoms with Gasteiger partial charge in [-0.3, -0.25) is 14.4 Å². The minimum Gasteiger partial charge on any atom is -0.385 e. The van der Waals surface area contributed by atoms with E-state index in [9.17, 15) is 14.4 Å². The maximum atomic E-state index is 13.2. The molecule has 36 heavy (non-hydrogen) atoms. The fourth-order valence-corrected chi connectivity index (χ4v) is 4.72. The summed E-state index contributed by atoms with van der Waals surface area (Å²) in [6.07, 6.45) is 8.47. The van der Waals surface area contributed by atoms with Crippen LogP contribution in [-0.4, -0.2) is 49.3 Å². The first-order valence-corrected chi connectivity index (χ1v) is 13.0. The Labute approximate surface area is 213 Å². The molecule has 4 rings (SSSR count). The number of carbonyl (C=O) groups is 3. The van der Waals surface area contributed by atoms with Crippen molar-refractivity contribution in [3.8, 4) is 11.1 Å². The van der Waals surface area contributed by atoms with Crippen molar-refractivity contribution in [3.63, 3.8) is 0 Å². The Balaban J connectivity index is 1.32. The quantitative estimate of drug-likeness (QED) is 0.347. The second kappa shape index (κ2) is 12.6. The van der Waals surface area contributed by atoms with Crippen LogP contribution in [0.15, 0.2) is 60.2 Å². The molecule has 1 heterocycles. The molecule has 1 aliphatic heterocycles. The van der Waals surface area contributed by atoms with Crippen molar-refractivity contribution in [2.24, 2.45) is 5.92 Å². The lowest BCUT2D eigenvalue weighted by Gasteiger charge is -2.24. The molecule has 0 radical (unpaired) electrons. The molecule has 190 valence electrons. The number of hydrogen-bond donors (Lipinski definition) is 1. The smallest absolute Gasteiger partial charge is 0.253 e. The van der Waals surface area contributed by atoms with Crippen molar-refractivity contribution in [2.75, 3.05) is 32.1 Å². The zero-order valence-corrected chi connectivity index (χ0v) is 21.1. The molecule has 0 aromatic heterocycles. The third-order valence-electron chi connectivity index (χ3n) is 7.12. The van der Waals surface area contributed by atoms with Gasteiger partial charge in [-0.1, -0.05) is 42.3 Å². The first-order chi connectivity index (χ1) is 17.5. The van der Waals surface area contributed by atoms with Crippen LogP contribution in [0.2, 0.25) is 0 Å². The van der Waals surface area contributed by atoms with Crippen LogP contribution in [0.4, 0.5) is 5.69 Å². The molecule has 1 aliphatic carbocycles. The van der Waals surface area contributed by atoms with Crippen LogP contribution < -0.4 is 5.32 Å². The highest BCUT2D eigenvalue weighted by atomic mass is 16.5. The van der Waals surface area contributed by atoms with E-state index in [0.29, 0.717) is 38.1 Å². The van der Waals surface area contributed by atoms with Gasteiger partial charge in [0.15, 0.2) is 0 Å². The summed E-state index contributed by atoms with van der Waals surface area (Å²) < 4.78 is 5.02. The lowest BCUT2D eigenvalue weighted by molar-refractivity contribution is -0.122. The molecule has 6 heteroatoms. The highest BCUT2D eigenvalue weighted by molar-refractivity contribution is 5.95. The van der Waals surface area contributed by atoms with Gasteiger partial charge in [-0.2, -0.15) is 0 Å². The van der Waals surface area contributed by atoms with Crippen LogP contribution in [0.1, 0.15) is 61.7 Å². The van der Waals surface area contributed by atoms with Crippen LogP contribution in [-0.2, 0) is 14.3 Å². The van der Waals surface area contributed by atoms with Gasteiger partial charge in [0.25, 0.3) is 5.91 Å². The van der Waals surface area contributed by atoms with Crippen LogP contribution in [0.3, 0.4) is 0 Å². The van der Waals surface area contributed by atoms with E-state index >= 15 is 0 Å². The van der Waals surface area contributed by atoms with Gasteiger partial charge in [0, 0.05) is 56.8 Å². The number of nitrogens with one attached hydrogen (secondary N) is 1. The zero-order valence-electron chi connectivity index (χ0n) is 21.1. The number of hydrogen-bond acceptors (Lipinski definition) is 4. The average molecular weight is 489 g/mol. The van der Waals surface area contributed by atoms with E-state index in [1.165, 1.54) is 0 Å². The summed E-state index contributed by atoms with van der Waals surface area (Å²) in [6, 6.07) is 15.5. The molecular formula is C30H36N2O4. The van der Waals surface area contributed by atoms with Crippen molar-refractivity contribution >= 4 is 23.3 Å². The van der Waals surface area contributed by atoms with Gasteiger partial charge < -0.3 is 15.0 Å².